The van der Waals surface area contributed by atoms with Gasteiger partial charge in [0.15, 0.2) is 0 Å². The van der Waals surface area contributed by atoms with Crippen LogP contribution >= 0.6 is 0 Å². The minimum atomic E-state index is 0.242. The van der Waals surface area contributed by atoms with Crippen LogP contribution in [0.2, 0.25) is 0 Å². The lowest BCUT2D eigenvalue weighted by molar-refractivity contribution is -0.136. The van der Waals surface area contributed by atoms with E-state index >= 15 is 0 Å². The van der Waals surface area contributed by atoms with Crippen LogP contribution in [0.3, 0.4) is 0 Å². The van der Waals surface area contributed by atoms with Gasteiger partial charge in [-0.1, -0.05) is 0 Å². The Labute approximate surface area is 92.2 Å². The highest BCUT2D eigenvalue weighted by Crippen LogP contribution is 2.31. The molecule has 0 radical (unpaired) electrons. The second-order valence-corrected chi connectivity index (χ2v) is 5.22. The molecule has 0 aromatic rings. The van der Waals surface area contributed by atoms with Gasteiger partial charge in [-0.2, -0.15) is 0 Å². The summed E-state index contributed by atoms with van der Waals surface area (Å²) in [7, 11) is 0. The van der Waals surface area contributed by atoms with E-state index in [-0.39, 0.29) is 5.92 Å². The third-order valence-corrected chi connectivity index (χ3v) is 3.47. The van der Waals surface area contributed by atoms with Gasteiger partial charge in [-0.15, -0.1) is 0 Å². The summed E-state index contributed by atoms with van der Waals surface area (Å²) < 4.78 is 0. The summed E-state index contributed by atoms with van der Waals surface area (Å²) in [6.07, 6.45) is 3.66. The lowest BCUT2D eigenvalue weighted by Crippen LogP contribution is -2.42. The van der Waals surface area contributed by atoms with E-state index in [0.29, 0.717) is 11.9 Å². The lowest BCUT2D eigenvalue weighted by Gasteiger charge is -2.29. The molecule has 3 heteroatoms. The lowest BCUT2D eigenvalue weighted by atomic mass is 10.1. The van der Waals surface area contributed by atoms with E-state index in [1.54, 1.807) is 0 Å². The van der Waals surface area contributed by atoms with Crippen molar-refractivity contribution in [3.8, 4) is 0 Å². The Balaban J connectivity index is 1.92. The van der Waals surface area contributed by atoms with Crippen molar-refractivity contribution in [2.75, 3.05) is 19.6 Å². The molecule has 1 saturated carbocycles. The van der Waals surface area contributed by atoms with E-state index in [1.165, 1.54) is 12.8 Å². The Kier molecular flexibility index (Phi) is 3.29. The van der Waals surface area contributed by atoms with Crippen LogP contribution in [0.25, 0.3) is 0 Å². The second-order valence-electron chi connectivity index (χ2n) is 5.22. The maximum absolute atomic E-state index is 12.2. The molecule has 1 aliphatic heterocycles. The van der Waals surface area contributed by atoms with Gasteiger partial charge in [0.25, 0.3) is 0 Å². The first-order valence-electron chi connectivity index (χ1n) is 6.19. The first-order valence-corrected chi connectivity index (χ1v) is 6.19. The van der Waals surface area contributed by atoms with Gasteiger partial charge in [-0.25, -0.2) is 0 Å². The first kappa shape index (κ1) is 10.9. The van der Waals surface area contributed by atoms with Crippen LogP contribution in [-0.4, -0.2) is 36.5 Å². The predicted molar refractivity (Wildman–Crippen MR) is 60.5 cm³/mol. The number of carbonyl (C=O) groups excluding carboxylic acids is 1. The van der Waals surface area contributed by atoms with E-state index in [4.69, 9.17) is 0 Å². The number of nitrogens with one attached hydrogen (secondary N) is 1. The molecule has 0 bridgehead atoms. The fourth-order valence-corrected chi connectivity index (χ4v) is 2.23. The van der Waals surface area contributed by atoms with Gasteiger partial charge in [-0.3, -0.25) is 4.79 Å². The molecule has 0 spiro atoms. The fraction of sp³-hybridized carbons (Fsp3) is 0.917. The molecule has 3 nitrogen and oxygen atoms in total. The van der Waals surface area contributed by atoms with Crippen LogP contribution in [0, 0.1) is 11.8 Å². The number of amides is 1. The van der Waals surface area contributed by atoms with Gasteiger partial charge in [0.2, 0.25) is 5.91 Å². The molecule has 2 aliphatic rings. The third-order valence-electron chi connectivity index (χ3n) is 3.47. The highest BCUT2D eigenvalue weighted by atomic mass is 16.2. The maximum atomic E-state index is 12.2. The minimum absolute atomic E-state index is 0.242. The predicted octanol–water partition coefficient (Wildman–Crippen LogP) is 1.24. The molecule has 1 saturated heterocycles. The third kappa shape index (κ3) is 2.71. The fourth-order valence-electron chi connectivity index (χ4n) is 2.23. The number of hydrogen-bond donors (Lipinski definition) is 1. The molecular formula is C12H22N2O. The molecule has 1 atom stereocenters. The van der Waals surface area contributed by atoms with E-state index in [9.17, 15) is 4.79 Å². The molecule has 2 rings (SSSR count). The van der Waals surface area contributed by atoms with Crippen molar-refractivity contribution in [2.24, 2.45) is 11.8 Å². The van der Waals surface area contributed by atoms with Crippen molar-refractivity contribution in [1.29, 1.82) is 0 Å². The van der Waals surface area contributed by atoms with Crippen LogP contribution in [0.1, 0.15) is 33.1 Å². The summed E-state index contributed by atoms with van der Waals surface area (Å²) in [5, 5.41) is 3.27. The van der Waals surface area contributed by atoms with Crippen LogP contribution in [0.4, 0.5) is 0 Å². The normalized spacial score (nSPS) is 25.9. The highest BCUT2D eigenvalue weighted by molar-refractivity contribution is 5.79. The van der Waals surface area contributed by atoms with Gasteiger partial charge < -0.3 is 10.2 Å². The molecule has 1 aliphatic carbocycles. The zero-order valence-electron chi connectivity index (χ0n) is 9.83. The Bertz CT molecular complexity index is 230. The van der Waals surface area contributed by atoms with Crippen molar-refractivity contribution in [3.05, 3.63) is 0 Å². The SMILES string of the molecule is CC(C)N(CC1CC1)C(=O)C1CCNC1. The number of rotatable bonds is 4. The van der Waals surface area contributed by atoms with Gasteiger partial charge >= 0.3 is 0 Å². The minimum Gasteiger partial charge on any atom is -0.340 e. The largest absolute Gasteiger partial charge is 0.340 e. The summed E-state index contributed by atoms with van der Waals surface area (Å²) in [5.41, 5.74) is 0. The summed E-state index contributed by atoms with van der Waals surface area (Å²) in [5.74, 6) is 1.42. The molecule has 2 fully saturated rings. The summed E-state index contributed by atoms with van der Waals surface area (Å²) >= 11 is 0. The molecule has 86 valence electrons. The Hall–Kier alpha value is -0.570. The molecule has 1 amide bonds. The van der Waals surface area contributed by atoms with E-state index in [0.717, 1.165) is 32.0 Å². The smallest absolute Gasteiger partial charge is 0.227 e. The zero-order valence-corrected chi connectivity index (χ0v) is 9.83. The average Bonchev–Trinajstić information content (AvgIpc) is 2.84. The molecule has 0 aromatic carbocycles. The molecule has 15 heavy (non-hydrogen) atoms. The Morgan fingerprint density at radius 1 is 1.40 bits per heavy atom. The van der Waals surface area contributed by atoms with Crippen LogP contribution in [-0.2, 0) is 4.79 Å². The van der Waals surface area contributed by atoms with E-state index in [2.05, 4.69) is 24.1 Å². The molecular weight excluding hydrogens is 188 g/mol. The van der Waals surface area contributed by atoms with Gasteiger partial charge in [0.1, 0.15) is 0 Å². The molecule has 0 aromatic heterocycles. The summed E-state index contributed by atoms with van der Waals surface area (Å²) in [6.45, 7) is 7.14. The van der Waals surface area contributed by atoms with Crippen molar-refractivity contribution in [2.45, 2.75) is 39.2 Å². The van der Waals surface area contributed by atoms with Crippen molar-refractivity contribution < 1.29 is 4.79 Å². The second kappa shape index (κ2) is 4.52. The first-order chi connectivity index (χ1) is 7.18. The van der Waals surface area contributed by atoms with E-state index in [1.807, 2.05) is 0 Å². The summed E-state index contributed by atoms with van der Waals surface area (Å²) in [4.78, 5) is 14.3. The van der Waals surface area contributed by atoms with Gasteiger partial charge in [-0.05, 0) is 45.6 Å². The number of hydrogen-bond acceptors (Lipinski definition) is 2. The van der Waals surface area contributed by atoms with Crippen molar-refractivity contribution in [3.63, 3.8) is 0 Å². The highest BCUT2D eigenvalue weighted by Gasteiger charge is 2.32. The van der Waals surface area contributed by atoms with Crippen LogP contribution in [0.5, 0.6) is 0 Å². The van der Waals surface area contributed by atoms with Gasteiger partial charge in [0.05, 0.1) is 5.92 Å². The standard InChI is InChI=1S/C12H22N2O/c1-9(2)14(8-10-3-4-10)12(15)11-5-6-13-7-11/h9-11,13H,3-8H2,1-2H3. The monoisotopic (exact) mass is 210 g/mol. The van der Waals surface area contributed by atoms with Crippen molar-refractivity contribution in [1.82, 2.24) is 10.2 Å². The van der Waals surface area contributed by atoms with Gasteiger partial charge in [0, 0.05) is 19.1 Å². The number of carbonyl (C=O) groups is 1. The molecule has 1 unspecified atom stereocenters. The summed E-state index contributed by atoms with van der Waals surface area (Å²) in [6, 6.07) is 0.360. The van der Waals surface area contributed by atoms with E-state index < -0.39 is 0 Å². The Morgan fingerprint density at radius 3 is 2.60 bits per heavy atom. The maximum Gasteiger partial charge on any atom is 0.227 e. The zero-order chi connectivity index (χ0) is 10.8. The van der Waals surface area contributed by atoms with Crippen LogP contribution < -0.4 is 5.32 Å². The molecule has 1 heterocycles. The van der Waals surface area contributed by atoms with Crippen molar-refractivity contribution >= 4 is 5.91 Å². The topological polar surface area (TPSA) is 32.3 Å². The number of nitrogens with zero attached hydrogens (tertiary/aromatic N) is 1. The molecule has 1 N–H and O–H groups in total. The Morgan fingerprint density at radius 2 is 2.13 bits per heavy atom. The average molecular weight is 210 g/mol. The quantitative estimate of drug-likeness (QED) is 0.757. The van der Waals surface area contributed by atoms with Crippen LogP contribution in [0.15, 0.2) is 0 Å².